The number of carbonyl (C=O) groups excluding carboxylic acids is 7. The van der Waals surface area contributed by atoms with E-state index in [0.29, 0.717) is 18.8 Å². The molecule has 0 aromatic heterocycles. The Hall–Kier alpha value is -10.6. The lowest BCUT2D eigenvalue weighted by Gasteiger charge is -2.47. The van der Waals surface area contributed by atoms with Gasteiger partial charge < -0.3 is 138 Å². The number of carboxylic acids is 1. The van der Waals surface area contributed by atoms with E-state index >= 15 is 24.0 Å². The van der Waals surface area contributed by atoms with Crippen molar-refractivity contribution in [1.82, 2.24) is 47.3 Å². The number of amides is 7. The quantitative estimate of drug-likeness (QED) is 0.0329. The van der Waals surface area contributed by atoms with Crippen molar-refractivity contribution in [2.75, 3.05) is 33.4 Å². The average molecular weight is 1760 g/mol. The number of hydrogen-bond donors (Lipinski definition) is 21. The number of likely N-dealkylation sites (N-methyl/N-ethyl adjacent to an activating group) is 1. The number of aliphatic carboxylic acids is 1. The molecule has 7 aliphatic rings. The van der Waals surface area contributed by atoms with Gasteiger partial charge in [0.2, 0.25) is 63.4 Å². The highest BCUT2D eigenvalue weighted by atomic mass is 35.5. The number of benzene rings is 6. The fourth-order valence-electron chi connectivity index (χ4n) is 15.1. The molecule has 6 aromatic rings. The van der Waals surface area contributed by atoms with Crippen molar-refractivity contribution in [3.63, 3.8) is 0 Å². The van der Waals surface area contributed by atoms with Crippen molar-refractivity contribution in [2.45, 2.75) is 214 Å². The summed E-state index contributed by atoms with van der Waals surface area (Å²) in [6.45, 7) is 9.39. The van der Waals surface area contributed by atoms with E-state index in [2.05, 4.69) is 54.2 Å². The second-order valence-electron chi connectivity index (χ2n) is 31.6. The van der Waals surface area contributed by atoms with E-state index in [4.69, 9.17) is 56.2 Å². The second-order valence-corrected chi connectivity index (χ2v) is 33.8. The number of nitrogens with one attached hydrogen (secondary N) is 9. The van der Waals surface area contributed by atoms with Gasteiger partial charge >= 0.3 is 5.97 Å². The summed E-state index contributed by atoms with van der Waals surface area (Å²) in [6, 6.07) is 4.83. The van der Waals surface area contributed by atoms with Gasteiger partial charge in [0.15, 0.2) is 29.9 Å². The van der Waals surface area contributed by atoms with Crippen LogP contribution in [0.15, 0.2) is 102 Å². The van der Waals surface area contributed by atoms with Gasteiger partial charge in [0, 0.05) is 41.7 Å². The average Bonchev–Trinajstić information content (AvgIpc) is 0.755. The normalized spacial score (nSPS) is 26.4. The predicted molar refractivity (Wildman–Crippen MR) is 437 cm³/mol. The zero-order chi connectivity index (χ0) is 89.4. The minimum atomic E-state index is -3.96. The number of halogens is 1. The van der Waals surface area contributed by atoms with Gasteiger partial charge in [0.25, 0.3) is 0 Å². The molecular weight excluding hydrogens is 1650 g/mol. The van der Waals surface area contributed by atoms with Crippen molar-refractivity contribution in [3.8, 4) is 62.9 Å². The zero-order valence-corrected chi connectivity index (χ0v) is 69.7. The van der Waals surface area contributed by atoms with Crippen LogP contribution in [0.25, 0.3) is 11.1 Å². The molecule has 7 aliphatic heterocycles. The predicted octanol–water partition coefficient (Wildman–Crippen LogP) is 2.18. The van der Waals surface area contributed by atoms with Crippen molar-refractivity contribution < 1.29 is 131 Å². The lowest BCUT2D eigenvalue weighted by Crippen LogP contribution is -2.64. The molecule has 0 saturated carbocycles. The Morgan fingerprint density at radius 2 is 1.37 bits per heavy atom. The number of sulfonamides is 1. The molecule has 7 heterocycles. The van der Waals surface area contributed by atoms with Crippen molar-refractivity contribution >= 4 is 68.9 Å². The molecule has 0 spiro atoms. The number of carboxylic acid groups (broad SMARTS) is 1. The van der Waals surface area contributed by atoms with Gasteiger partial charge in [0.05, 0.1) is 53.4 Å². The number of ether oxygens (including phenoxy) is 7. The van der Waals surface area contributed by atoms with Gasteiger partial charge in [-0.1, -0.05) is 63.4 Å². The molecule has 18 atom stereocenters. The van der Waals surface area contributed by atoms with Crippen LogP contribution in [0.4, 0.5) is 0 Å². The van der Waals surface area contributed by atoms with E-state index in [-0.39, 0.29) is 71.2 Å². The lowest BCUT2D eigenvalue weighted by molar-refractivity contribution is -0.333. The number of aliphatic hydroxyl groups is 6. The van der Waals surface area contributed by atoms with E-state index in [1.165, 1.54) is 58.2 Å². The third-order valence-corrected chi connectivity index (χ3v) is 23.6. The van der Waals surface area contributed by atoms with E-state index < -0.39 is 259 Å². The number of aromatic hydroxyl groups is 3. The number of aliphatic hydroxyl groups excluding tert-OH is 6. The van der Waals surface area contributed by atoms with Crippen LogP contribution in [0.5, 0.6) is 51.7 Å². The van der Waals surface area contributed by atoms with Gasteiger partial charge in [-0.3, -0.25) is 33.6 Å². The number of phenols is 3. The van der Waals surface area contributed by atoms with Crippen LogP contribution >= 0.6 is 11.6 Å². The Morgan fingerprint density at radius 3 is 2.02 bits per heavy atom. The standard InChI is InChI=1S/C83H104ClN11O27S/c1-8-9-12-25-116-44-16-18-45(19-17-44)123(114,115)89-24-11-10-23-88-35-48-53(98)32-47-61(69(48)102)46-28-40(13-20-52(46)97)62-77(108)95-66(80(111)93-64(47)81(112)113)68(101)42-15-22-55(49(84)29-42)119-57-31-43-30-56(72(57)122-82-73(71(104)70(103)58(36-96)120-82)121-60-34-83(6,86)74(105)39(5)117-60)118-54-21-14-41(27-38(54)4)67(100)65(94-75(106)50(87-7)26-37(2)3)79(110)90-51(33-59(85)99)76(107)91-63(43)78(109)92-62/h13-22,27-32,37,39,50-51,58,60,62-68,70-71,73-74,82,87-89,96-98,100-105H,8-12,23-26,33-36,86H2,1-7H3,(H2,85,99)(H,90,110)(H,91,107)(H,92,109)(H,93,111)(H,94,106)(H,95,108)(H,112,113)/t39-,50+,51-,58+,60-,62+,63+,64-,65+,66-,67+,68+,70+,71-,73+,74+,82-,83-/m0/s1. The number of primary amides is 1. The first-order chi connectivity index (χ1) is 58.3. The van der Waals surface area contributed by atoms with Crippen LogP contribution in [0.3, 0.4) is 0 Å². The molecule has 0 radical (unpaired) electrons. The number of fused-ring (bicyclic) bond motifs is 15. The molecule has 23 N–H and O–H groups in total. The number of unbranched alkanes of at least 4 members (excludes halogenated alkanes) is 3. The molecule has 0 unspecified atom stereocenters. The van der Waals surface area contributed by atoms with Gasteiger partial charge in [-0.05, 0) is 173 Å². The fraction of sp³-hybridized carbons (Fsp3) is 0.470. The van der Waals surface area contributed by atoms with Crippen LogP contribution in [-0.2, 0) is 69.1 Å². The molecule has 13 rings (SSSR count). The molecule has 2 saturated heterocycles. The second kappa shape index (κ2) is 39.9. The lowest BCUT2D eigenvalue weighted by atomic mass is 9.86. The van der Waals surface area contributed by atoms with Gasteiger partial charge in [-0.25, -0.2) is 17.9 Å². The number of rotatable bonds is 27. The van der Waals surface area contributed by atoms with Crippen molar-refractivity contribution in [2.24, 2.45) is 17.4 Å². The molecule has 11 bridgehead atoms. The monoisotopic (exact) mass is 1750 g/mol. The number of aryl methyl sites for hydroxylation is 1. The molecule has 0 aliphatic carbocycles. The molecule has 123 heavy (non-hydrogen) atoms. The third-order valence-electron chi connectivity index (χ3n) is 21.8. The Bertz CT molecular complexity index is 5030. The Balaban J connectivity index is 1.06. The summed E-state index contributed by atoms with van der Waals surface area (Å²) in [5.74, 6) is -15.4. The highest BCUT2D eigenvalue weighted by molar-refractivity contribution is 7.89. The van der Waals surface area contributed by atoms with Crippen molar-refractivity contribution in [1.29, 1.82) is 0 Å². The third kappa shape index (κ3) is 21.6. The molecule has 7 amide bonds. The minimum Gasteiger partial charge on any atom is -0.507 e. The van der Waals surface area contributed by atoms with Crippen LogP contribution in [-0.4, -0.2) is 219 Å². The number of hydrogen-bond acceptors (Lipinski definition) is 29. The highest BCUT2D eigenvalue weighted by Gasteiger charge is 2.52. The maximum atomic E-state index is 16.4. The molecule has 40 heteroatoms. The molecule has 666 valence electrons. The molecular formula is C83H104ClN11O27S. The summed E-state index contributed by atoms with van der Waals surface area (Å²) in [4.78, 5) is 119. The minimum absolute atomic E-state index is 0.00127. The Labute approximate surface area is 712 Å². The Kier molecular flexibility index (Phi) is 30.2. The van der Waals surface area contributed by atoms with Gasteiger partial charge in [-0.15, -0.1) is 0 Å². The number of nitrogens with two attached hydrogens (primary N) is 2. The fourth-order valence-corrected chi connectivity index (χ4v) is 16.4. The smallest absolute Gasteiger partial charge is 0.330 e. The summed E-state index contributed by atoms with van der Waals surface area (Å²) in [5.41, 5.74) is 7.85. The van der Waals surface area contributed by atoms with Crippen LogP contribution < -0.4 is 77.7 Å². The largest absolute Gasteiger partial charge is 0.507 e. The van der Waals surface area contributed by atoms with Gasteiger partial charge in [0.1, 0.15) is 95.2 Å². The number of phenolic OH excluding ortho intramolecular Hbond substituents is 3. The van der Waals surface area contributed by atoms with E-state index in [1.807, 2.05) is 13.8 Å². The summed E-state index contributed by atoms with van der Waals surface area (Å²) >= 11 is 7.16. The first kappa shape index (κ1) is 93.1. The maximum absolute atomic E-state index is 16.4. The van der Waals surface area contributed by atoms with Gasteiger partial charge in [-0.2, -0.15) is 0 Å². The van der Waals surface area contributed by atoms with Crippen molar-refractivity contribution in [3.05, 3.63) is 141 Å². The first-order valence-corrected chi connectivity index (χ1v) is 41.9. The van der Waals surface area contributed by atoms with Crippen LogP contribution in [0, 0.1) is 12.8 Å². The van der Waals surface area contributed by atoms with Crippen LogP contribution in [0.1, 0.15) is 155 Å². The summed E-state index contributed by atoms with van der Waals surface area (Å²) < 4.78 is 73.6. The Morgan fingerprint density at radius 1 is 0.724 bits per heavy atom. The van der Waals surface area contributed by atoms with Crippen LogP contribution in [0.2, 0.25) is 5.02 Å². The van der Waals surface area contributed by atoms with E-state index in [1.54, 1.807) is 12.1 Å². The molecule has 38 nitrogen and oxygen atoms in total. The topological polar surface area (TPSA) is 598 Å². The SMILES string of the molecule is CCCCCOc1ccc(S(=O)(=O)NCCCCNCc2c(O)cc3c(c2O)-c2cc(ccc2O)[C@H]2NC(=O)[C@@H]4NC(=O)[C@H](CC(N)=O)NC(=O)[C@H](NC(=O)[C@@H](CC(C)C)NC)[C@H](O)c5ccc(c(C)c5)Oc5cc4cc(c5O[C@@H]4O[C@H](CO)[C@@H](O)[C@H](O)[C@H]4O[C@H]4C[C@](C)(N)[C@H](O)[C@H](C)O4)Oc4ccc(cc4Cl)[C@@H](O)[C@H](NC2=O)C(=O)N[C@@H]3C(=O)O)cc1. The zero-order valence-electron chi connectivity index (χ0n) is 68.2. The molecule has 2 fully saturated rings. The number of carbonyl (C=O) groups is 8. The summed E-state index contributed by atoms with van der Waals surface area (Å²) in [7, 11) is -2.48. The highest BCUT2D eigenvalue weighted by Crippen LogP contribution is 2.50. The first-order valence-electron chi connectivity index (χ1n) is 40.0. The van der Waals surface area contributed by atoms with E-state index in [0.717, 1.165) is 73.9 Å². The van der Waals surface area contributed by atoms with E-state index in [9.17, 15) is 73.9 Å². The summed E-state index contributed by atoms with van der Waals surface area (Å²) in [6.07, 6.45) is -15.2. The molecule has 6 aromatic carbocycles. The summed E-state index contributed by atoms with van der Waals surface area (Å²) in [5, 5.41) is 138. The maximum Gasteiger partial charge on any atom is 0.330 e.